The molecule has 31 heavy (non-hydrogen) atoms. The van der Waals surface area contributed by atoms with Crippen molar-refractivity contribution in [2.24, 2.45) is 11.5 Å². The van der Waals surface area contributed by atoms with Gasteiger partial charge in [0.05, 0.1) is 37.8 Å². The Balaban J connectivity index is 0.000000479. The van der Waals surface area contributed by atoms with Crippen molar-refractivity contribution >= 4 is 10.4 Å². The summed E-state index contributed by atoms with van der Waals surface area (Å²) >= 11 is 0. The smallest absolute Gasteiger partial charge is 0.394 e. The third-order valence-electron chi connectivity index (χ3n) is 3.69. The largest absolute Gasteiger partial charge is 0.506 e. The van der Waals surface area contributed by atoms with Gasteiger partial charge in [0.25, 0.3) is 0 Å². The van der Waals surface area contributed by atoms with Crippen LogP contribution in [0.4, 0.5) is 0 Å². The second-order valence-corrected chi connectivity index (χ2v) is 6.50. The van der Waals surface area contributed by atoms with Crippen LogP contribution in [0.3, 0.4) is 0 Å². The fourth-order valence-electron chi connectivity index (χ4n) is 2.17. The molecule has 176 valence electrons. The van der Waals surface area contributed by atoms with Crippen molar-refractivity contribution in [3.8, 4) is 11.5 Å². The summed E-state index contributed by atoms with van der Waals surface area (Å²) in [6.45, 7) is -0.994. The summed E-state index contributed by atoms with van der Waals surface area (Å²) in [5.41, 5.74) is 12.6. The van der Waals surface area contributed by atoms with Crippen molar-refractivity contribution in [2.45, 2.75) is 39.5 Å². The van der Waals surface area contributed by atoms with Crippen LogP contribution in [0.2, 0.25) is 0 Å². The number of aliphatic hydroxyl groups is 4. The molecule has 0 aliphatic rings. The highest BCUT2D eigenvalue weighted by Crippen LogP contribution is 2.24. The molecule has 0 atom stereocenters. The highest BCUT2D eigenvalue weighted by atomic mass is 32.3. The molecular formula is C16H26N4O10S. The monoisotopic (exact) mass is 466 g/mol. The number of hydrogen-bond acceptors (Lipinski definition) is 12. The number of hydrogen-bond donors (Lipinski definition) is 10. The number of nitrogens with zero attached hydrogens (tertiary/aromatic N) is 2. The summed E-state index contributed by atoms with van der Waals surface area (Å²) in [6, 6.07) is 0. The molecule has 0 radical (unpaired) electrons. The number of aliphatic hydroxyl groups excluding tert-OH is 4. The molecule has 0 spiro atoms. The molecule has 2 aromatic heterocycles. The van der Waals surface area contributed by atoms with E-state index in [4.69, 9.17) is 49.4 Å². The molecule has 0 saturated heterocycles. The summed E-state index contributed by atoms with van der Waals surface area (Å²) in [5, 5.41) is 54.5. The van der Waals surface area contributed by atoms with Crippen LogP contribution >= 0.6 is 0 Å². The van der Waals surface area contributed by atoms with Gasteiger partial charge in [-0.3, -0.25) is 19.1 Å². The molecule has 0 aromatic carbocycles. The lowest BCUT2D eigenvalue weighted by molar-refractivity contribution is 0.254. The van der Waals surface area contributed by atoms with Crippen LogP contribution in [0.1, 0.15) is 33.6 Å². The van der Waals surface area contributed by atoms with Gasteiger partial charge in [0.1, 0.15) is 11.5 Å². The first-order valence-corrected chi connectivity index (χ1v) is 9.79. The minimum atomic E-state index is -4.67. The Morgan fingerprint density at radius 1 is 0.710 bits per heavy atom. The van der Waals surface area contributed by atoms with E-state index in [1.165, 1.54) is 12.4 Å². The van der Waals surface area contributed by atoms with Crippen LogP contribution in [-0.4, -0.2) is 58.1 Å². The van der Waals surface area contributed by atoms with Gasteiger partial charge in [0, 0.05) is 47.7 Å². The lowest BCUT2D eigenvalue weighted by Crippen LogP contribution is -2.05. The third kappa shape index (κ3) is 9.47. The van der Waals surface area contributed by atoms with Gasteiger partial charge in [-0.15, -0.1) is 0 Å². The van der Waals surface area contributed by atoms with Gasteiger partial charge >= 0.3 is 10.4 Å². The number of aromatic nitrogens is 2. The maximum absolute atomic E-state index is 9.49. The standard InChI is InChI=1S/2C8H12N2O3.H2O4S/c2*9-1-7-8(13)6(4-12)5(3-11)2-10-7;1-5(2,3)4/h2*2,11-13H,1,3-4,9H2;(H2,1,2,3,4). The molecule has 0 aliphatic heterocycles. The summed E-state index contributed by atoms with van der Waals surface area (Å²) < 4.78 is 31.6. The SMILES string of the molecule is NCc1ncc(CO)c(CO)c1O.NCc1ncc(CO)c(CO)c1O.O=S(=O)(O)O. The second kappa shape index (κ2) is 13.8. The Morgan fingerprint density at radius 3 is 1.19 bits per heavy atom. The van der Waals surface area contributed by atoms with Crippen LogP contribution in [0.5, 0.6) is 11.5 Å². The molecular weight excluding hydrogens is 440 g/mol. The van der Waals surface area contributed by atoms with Crippen LogP contribution in [0.25, 0.3) is 0 Å². The highest BCUT2D eigenvalue weighted by molar-refractivity contribution is 7.79. The maximum Gasteiger partial charge on any atom is 0.394 e. The van der Waals surface area contributed by atoms with E-state index < -0.39 is 10.4 Å². The summed E-state index contributed by atoms with van der Waals surface area (Å²) in [7, 11) is -4.67. The van der Waals surface area contributed by atoms with E-state index in [1.54, 1.807) is 0 Å². The Hall–Kier alpha value is -2.47. The van der Waals surface area contributed by atoms with E-state index in [0.29, 0.717) is 22.5 Å². The summed E-state index contributed by atoms with van der Waals surface area (Å²) in [6.07, 6.45) is 2.79. The van der Waals surface area contributed by atoms with Crippen LogP contribution in [0.15, 0.2) is 12.4 Å². The molecule has 0 unspecified atom stereocenters. The molecule has 0 aliphatic carbocycles. The Morgan fingerprint density at radius 2 is 1.00 bits per heavy atom. The van der Waals surface area contributed by atoms with Gasteiger partial charge in [-0.25, -0.2) is 0 Å². The lowest BCUT2D eigenvalue weighted by Gasteiger charge is -2.09. The maximum atomic E-state index is 9.49. The van der Waals surface area contributed by atoms with Crippen molar-refractivity contribution in [1.82, 2.24) is 9.97 Å². The van der Waals surface area contributed by atoms with E-state index in [2.05, 4.69) is 9.97 Å². The third-order valence-corrected chi connectivity index (χ3v) is 3.69. The second-order valence-electron chi connectivity index (χ2n) is 5.60. The predicted octanol–water partition coefficient (Wildman–Crippen LogP) is -2.19. The average molecular weight is 466 g/mol. The van der Waals surface area contributed by atoms with Gasteiger partial charge < -0.3 is 42.1 Å². The van der Waals surface area contributed by atoms with E-state index in [-0.39, 0.29) is 62.1 Å². The molecule has 0 saturated carbocycles. The molecule has 2 heterocycles. The topological polar surface area (TPSA) is 274 Å². The fourth-order valence-corrected chi connectivity index (χ4v) is 2.17. The minimum absolute atomic E-state index is 0.102. The Kier molecular flexibility index (Phi) is 12.7. The van der Waals surface area contributed by atoms with Crippen LogP contribution < -0.4 is 11.5 Å². The first kappa shape index (κ1) is 28.5. The van der Waals surface area contributed by atoms with Crippen LogP contribution in [0, 0.1) is 0 Å². The number of nitrogens with two attached hydrogens (primary N) is 2. The predicted molar refractivity (Wildman–Crippen MR) is 105 cm³/mol. The molecule has 0 fully saturated rings. The molecule has 0 bridgehead atoms. The van der Waals surface area contributed by atoms with Crippen molar-refractivity contribution in [2.75, 3.05) is 0 Å². The van der Waals surface area contributed by atoms with E-state index in [0.717, 1.165) is 0 Å². The number of pyridine rings is 2. The van der Waals surface area contributed by atoms with Crippen molar-refractivity contribution in [3.05, 3.63) is 46.0 Å². The quantitative estimate of drug-likeness (QED) is 0.202. The van der Waals surface area contributed by atoms with E-state index in [9.17, 15) is 10.2 Å². The van der Waals surface area contributed by atoms with Gasteiger partial charge in [-0.2, -0.15) is 8.42 Å². The van der Waals surface area contributed by atoms with Crippen molar-refractivity contribution in [3.63, 3.8) is 0 Å². The highest BCUT2D eigenvalue weighted by Gasteiger charge is 2.12. The van der Waals surface area contributed by atoms with Gasteiger partial charge in [0.15, 0.2) is 0 Å². The first-order valence-electron chi connectivity index (χ1n) is 8.39. The number of aromatic hydroxyl groups is 2. The fraction of sp³-hybridized carbons (Fsp3) is 0.375. The summed E-state index contributed by atoms with van der Waals surface area (Å²) in [4.78, 5) is 7.66. The lowest BCUT2D eigenvalue weighted by atomic mass is 10.1. The molecule has 12 N–H and O–H groups in total. The van der Waals surface area contributed by atoms with E-state index >= 15 is 0 Å². The zero-order valence-corrected chi connectivity index (χ0v) is 17.1. The normalized spacial score (nSPS) is 10.6. The summed E-state index contributed by atoms with van der Waals surface area (Å²) in [5.74, 6) is -0.256. The van der Waals surface area contributed by atoms with Crippen molar-refractivity contribution < 1.29 is 48.2 Å². The first-order chi connectivity index (χ1) is 14.5. The van der Waals surface area contributed by atoms with E-state index in [1.807, 2.05) is 0 Å². The number of rotatable bonds is 6. The van der Waals surface area contributed by atoms with Gasteiger partial charge in [0.2, 0.25) is 0 Å². The zero-order chi connectivity index (χ0) is 24.2. The molecule has 0 amide bonds. The minimum Gasteiger partial charge on any atom is -0.506 e. The zero-order valence-electron chi connectivity index (χ0n) is 16.2. The van der Waals surface area contributed by atoms with Crippen molar-refractivity contribution in [1.29, 1.82) is 0 Å². The molecule has 14 nitrogen and oxygen atoms in total. The van der Waals surface area contributed by atoms with Gasteiger partial charge in [-0.05, 0) is 0 Å². The molecule has 15 heteroatoms. The molecule has 2 rings (SSSR count). The molecule has 2 aromatic rings. The van der Waals surface area contributed by atoms with Gasteiger partial charge in [-0.1, -0.05) is 0 Å². The average Bonchev–Trinajstić information content (AvgIpc) is 2.72. The Labute approximate surface area is 177 Å². The Bertz CT molecular complexity index is 871. The van der Waals surface area contributed by atoms with Crippen LogP contribution in [-0.2, 0) is 49.9 Å².